The Hall–Kier alpha value is -0.970. The van der Waals surface area contributed by atoms with Crippen molar-refractivity contribution in [1.82, 2.24) is 15.2 Å². The predicted molar refractivity (Wildman–Crippen MR) is 83.7 cm³/mol. The van der Waals surface area contributed by atoms with Crippen molar-refractivity contribution >= 4 is 0 Å². The number of pyridine rings is 1. The van der Waals surface area contributed by atoms with Crippen molar-refractivity contribution in [2.45, 2.75) is 45.9 Å². The van der Waals surface area contributed by atoms with Crippen LogP contribution in [0.3, 0.4) is 0 Å². The maximum absolute atomic E-state index is 5.66. The van der Waals surface area contributed by atoms with Gasteiger partial charge in [0.1, 0.15) is 0 Å². The lowest BCUT2D eigenvalue weighted by Gasteiger charge is -2.20. The summed E-state index contributed by atoms with van der Waals surface area (Å²) in [6.07, 6.45) is 1.05. The van der Waals surface area contributed by atoms with Crippen molar-refractivity contribution in [2.24, 2.45) is 0 Å². The third-order valence-corrected chi connectivity index (χ3v) is 2.81. The van der Waals surface area contributed by atoms with Crippen LogP contribution in [0.1, 0.15) is 38.6 Å². The molecular formula is C16H29N3O. The number of nitrogens with one attached hydrogen (secondary N) is 1. The van der Waals surface area contributed by atoms with Crippen LogP contribution in [0.5, 0.6) is 0 Å². The Labute approximate surface area is 123 Å². The quantitative estimate of drug-likeness (QED) is 0.742. The Bertz CT molecular complexity index is 386. The van der Waals surface area contributed by atoms with E-state index in [9.17, 15) is 0 Å². The van der Waals surface area contributed by atoms with Crippen molar-refractivity contribution in [2.75, 3.05) is 27.2 Å². The molecule has 0 unspecified atom stereocenters. The molecule has 0 aliphatic heterocycles. The van der Waals surface area contributed by atoms with Crippen LogP contribution >= 0.6 is 0 Å². The van der Waals surface area contributed by atoms with Gasteiger partial charge in [-0.2, -0.15) is 0 Å². The molecule has 0 bridgehead atoms. The highest BCUT2D eigenvalue weighted by Gasteiger charge is 2.08. The van der Waals surface area contributed by atoms with Crippen LogP contribution in [-0.4, -0.2) is 42.7 Å². The van der Waals surface area contributed by atoms with E-state index in [-0.39, 0.29) is 5.54 Å². The molecule has 1 aromatic rings. The van der Waals surface area contributed by atoms with Crippen LogP contribution in [0.15, 0.2) is 18.2 Å². The third kappa shape index (κ3) is 8.25. The summed E-state index contributed by atoms with van der Waals surface area (Å²) >= 11 is 0. The van der Waals surface area contributed by atoms with Crippen LogP contribution in [0, 0.1) is 0 Å². The first-order chi connectivity index (χ1) is 9.37. The first-order valence-corrected chi connectivity index (χ1v) is 7.29. The topological polar surface area (TPSA) is 37.4 Å². The van der Waals surface area contributed by atoms with E-state index in [1.165, 1.54) is 0 Å². The number of rotatable bonds is 8. The summed E-state index contributed by atoms with van der Waals surface area (Å²) in [5, 5.41) is 3.45. The maximum Gasteiger partial charge on any atom is 0.0887 e. The highest BCUT2D eigenvalue weighted by molar-refractivity contribution is 5.10. The molecule has 1 N–H and O–H groups in total. The second kappa shape index (κ2) is 8.35. The standard InChI is InChI=1S/C16H29N3O/c1-16(2,3)17-12-14-8-6-9-15(18-14)13-20-11-7-10-19(4)5/h6,8-9,17H,7,10-13H2,1-5H3. The minimum Gasteiger partial charge on any atom is -0.375 e. The van der Waals surface area contributed by atoms with E-state index >= 15 is 0 Å². The van der Waals surface area contributed by atoms with Crippen molar-refractivity contribution in [3.63, 3.8) is 0 Å². The molecule has 0 atom stereocenters. The SMILES string of the molecule is CN(C)CCCOCc1cccc(CNC(C)(C)C)n1. The van der Waals surface area contributed by atoms with Crippen LogP contribution in [-0.2, 0) is 17.9 Å². The van der Waals surface area contributed by atoms with Gasteiger partial charge in [0.05, 0.1) is 18.0 Å². The molecule has 0 spiro atoms. The summed E-state index contributed by atoms with van der Waals surface area (Å²) in [5.41, 5.74) is 2.18. The van der Waals surface area contributed by atoms with Crippen LogP contribution in [0.25, 0.3) is 0 Å². The van der Waals surface area contributed by atoms with E-state index in [1.807, 2.05) is 18.2 Å². The largest absolute Gasteiger partial charge is 0.375 e. The van der Waals surface area contributed by atoms with Crippen LogP contribution in [0.4, 0.5) is 0 Å². The molecule has 4 nitrogen and oxygen atoms in total. The summed E-state index contributed by atoms with van der Waals surface area (Å²) in [6, 6.07) is 6.12. The van der Waals surface area contributed by atoms with E-state index in [1.54, 1.807) is 0 Å². The summed E-state index contributed by atoms with van der Waals surface area (Å²) < 4.78 is 5.66. The van der Waals surface area contributed by atoms with Crippen LogP contribution in [0.2, 0.25) is 0 Å². The van der Waals surface area contributed by atoms with E-state index in [2.05, 4.69) is 50.1 Å². The fourth-order valence-electron chi connectivity index (χ4n) is 1.72. The molecule has 4 heteroatoms. The summed E-state index contributed by atoms with van der Waals surface area (Å²) in [5.74, 6) is 0. The molecular weight excluding hydrogens is 250 g/mol. The zero-order valence-electron chi connectivity index (χ0n) is 13.6. The number of nitrogens with zero attached hydrogens (tertiary/aromatic N) is 2. The van der Waals surface area contributed by atoms with Gasteiger partial charge in [-0.3, -0.25) is 4.98 Å². The Kier molecular flexibility index (Phi) is 7.13. The van der Waals surface area contributed by atoms with E-state index in [4.69, 9.17) is 4.74 Å². The van der Waals surface area contributed by atoms with Crippen LogP contribution < -0.4 is 5.32 Å². The molecule has 0 aliphatic carbocycles. The van der Waals surface area contributed by atoms with Gasteiger partial charge in [0, 0.05) is 18.7 Å². The van der Waals surface area contributed by atoms with Gasteiger partial charge in [-0.15, -0.1) is 0 Å². The normalized spacial score (nSPS) is 12.1. The Morgan fingerprint density at radius 3 is 2.55 bits per heavy atom. The zero-order valence-corrected chi connectivity index (χ0v) is 13.6. The van der Waals surface area contributed by atoms with Gasteiger partial charge in [-0.25, -0.2) is 0 Å². The van der Waals surface area contributed by atoms with Gasteiger partial charge in [0.25, 0.3) is 0 Å². The Balaban J connectivity index is 2.32. The number of ether oxygens (including phenoxy) is 1. The lowest BCUT2D eigenvalue weighted by Crippen LogP contribution is -2.35. The molecule has 0 saturated heterocycles. The molecule has 0 saturated carbocycles. The smallest absolute Gasteiger partial charge is 0.0887 e. The molecule has 0 fully saturated rings. The molecule has 114 valence electrons. The fraction of sp³-hybridized carbons (Fsp3) is 0.688. The highest BCUT2D eigenvalue weighted by atomic mass is 16.5. The van der Waals surface area contributed by atoms with Gasteiger partial charge < -0.3 is 15.0 Å². The Morgan fingerprint density at radius 2 is 1.90 bits per heavy atom. The summed E-state index contributed by atoms with van der Waals surface area (Å²) in [6.45, 7) is 9.70. The second-order valence-corrected chi connectivity index (χ2v) is 6.43. The zero-order chi connectivity index (χ0) is 15.0. The summed E-state index contributed by atoms with van der Waals surface area (Å²) in [7, 11) is 4.15. The predicted octanol–water partition coefficient (Wildman–Crippen LogP) is 2.44. The number of aromatic nitrogens is 1. The molecule has 1 rings (SSSR count). The third-order valence-electron chi connectivity index (χ3n) is 2.81. The second-order valence-electron chi connectivity index (χ2n) is 6.43. The van der Waals surface area contributed by atoms with Gasteiger partial charge in [0.2, 0.25) is 0 Å². The molecule has 0 aliphatic rings. The van der Waals surface area contributed by atoms with E-state index in [0.717, 1.165) is 37.5 Å². The summed E-state index contributed by atoms with van der Waals surface area (Å²) in [4.78, 5) is 6.78. The molecule has 0 aromatic carbocycles. The number of hydrogen-bond donors (Lipinski definition) is 1. The molecule has 1 heterocycles. The minimum atomic E-state index is 0.111. The number of hydrogen-bond acceptors (Lipinski definition) is 4. The highest BCUT2D eigenvalue weighted by Crippen LogP contribution is 2.05. The molecule has 1 aromatic heterocycles. The van der Waals surface area contributed by atoms with Crippen molar-refractivity contribution < 1.29 is 4.74 Å². The van der Waals surface area contributed by atoms with Gasteiger partial charge in [-0.05, 0) is 60.0 Å². The maximum atomic E-state index is 5.66. The first-order valence-electron chi connectivity index (χ1n) is 7.29. The van der Waals surface area contributed by atoms with Crippen molar-refractivity contribution in [3.05, 3.63) is 29.6 Å². The van der Waals surface area contributed by atoms with Gasteiger partial charge >= 0.3 is 0 Å². The first kappa shape index (κ1) is 17.1. The molecule has 20 heavy (non-hydrogen) atoms. The van der Waals surface area contributed by atoms with E-state index < -0.39 is 0 Å². The molecule has 0 radical (unpaired) electrons. The van der Waals surface area contributed by atoms with E-state index in [0.29, 0.717) is 6.61 Å². The minimum absolute atomic E-state index is 0.111. The lowest BCUT2D eigenvalue weighted by molar-refractivity contribution is 0.110. The lowest BCUT2D eigenvalue weighted by atomic mass is 10.1. The average molecular weight is 279 g/mol. The Morgan fingerprint density at radius 1 is 1.20 bits per heavy atom. The monoisotopic (exact) mass is 279 g/mol. The van der Waals surface area contributed by atoms with Crippen molar-refractivity contribution in [3.8, 4) is 0 Å². The van der Waals surface area contributed by atoms with Gasteiger partial charge in [-0.1, -0.05) is 6.07 Å². The van der Waals surface area contributed by atoms with Gasteiger partial charge in [0.15, 0.2) is 0 Å². The van der Waals surface area contributed by atoms with Crippen molar-refractivity contribution in [1.29, 1.82) is 0 Å². The average Bonchev–Trinajstić information content (AvgIpc) is 2.35. The fourth-order valence-corrected chi connectivity index (χ4v) is 1.72. The molecule has 0 amide bonds.